The molecule has 0 spiro atoms. The molecule has 2 aromatic carbocycles. The Morgan fingerprint density at radius 2 is 1.83 bits per heavy atom. The number of nitrogens with one attached hydrogen (secondary N) is 2. The standard InChI is InChI=1S/C18H20F2N2OS/c1-2-23-15-8-5-13(6-9-15)4-3-11-21-18(24)22-14-7-10-16(19)17(20)12-14/h5-10,12H,2-4,11H2,1H3,(H2,21,22,24). The molecule has 0 aromatic heterocycles. The van der Waals surface area contributed by atoms with Crippen LogP contribution in [0.1, 0.15) is 18.9 Å². The molecule has 0 aliphatic carbocycles. The van der Waals surface area contributed by atoms with Gasteiger partial charge in [-0.15, -0.1) is 0 Å². The Hall–Kier alpha value is -2.21. The highest BCUT2D eigenvalue weighted by Gasteiger charge is 2.03. The largest absolute Gasteiger partial charge is 0.494 e. The van der Waals surface area contributed by atoms with E-state index in [4.69, 9.17) is 17.0 Å². The Morgan fingerprint density at radius 3 is 2.50 bits per heavy atom. The highest BCUT2D eigenvalue weighted by atomic mass is 32.1. The Labute approximate surface area is 146 Å². The molecule has 0 aliphatic rings. The van der Waals surface area contributed by atoms with Gasteiger partial charge in [-0.1, -0.05) is 12.1 Å². The Kier molecular flexibility index (Phi) is 6.93. The van der Waals surface area contributed by atoms with Crippen molar-refractivity contribution in [1.29, 1.82) is 0 Å². The average Bonchev–Trinajstić information content (AvgIpc) is 2.57. The predicted octanol–water partition coefficient (Wildman–Crippen LogP) is 4.28. The summed E-state index contributed by atoms with van der Waals surface area (Å²) in [7, 11) is 0. The van der Waals surface area contributed by atoms with E-state index in [9.17, 15) is 8.78 Å². The normalized spacial score (nSPS) is 10.3. The molecule has 0 saturated heterocycles. The number of benzene rings is 2. The highest BCUT2D eigenvalue weighted by Crippen LogP contribution is 2.14. The van der Waals surface area contributed by atoms with Crippen molar-refractivity contribution in [2.24, 2.45) is 0 Å². The van der Waals surface area contributed by atoms with Gasteiger partial charge in [0.15, 0.2) is 16.7 Å². The van der Waals surface area contributed by atoms with Crippen molar-refractivity contribution < 1.29 is 13.5 Å². The van der Waals surface area contributed by atoms with E-state index in [1.54, 1.807) is 0 Å². The van der Waals surface area contributed by atoms with Crippen molar-refractivity contribution in [2.45, 2.75) is 19.8 Å². The number of rotatable bonds is 7. The molecule has 0 heterocycles. The van der Waals surface area contributed by atoms with E-state index >= 15 is 0 Å². The van der Waals surface area contributed by atoms with Crippen LogP contribution in [0.25, 0.3) is 0 Å². The van der Waals surface area contributed by atoms with Crippen LogP contribution in [0.15, 0.2) is 42.5 Å². The van der Waals surface area contributed by atoms with Gasteiger partial charge in [-0.3, -0.25) is 0 Å². The molecular weight excluding hydrogens is 330 g/mol. The molecule has 0 saturated carbocycles. The first kappa shape index (κ1) is 18.1. The molecule has 0 unspecified atom stereocenters. The van der Waals surface area contributed by atoms with Crippen LogP contribution < -0.4 is 15.4 Å². The number of aryl methyl sites for hydroxylation is 1. The summed E-state index contributed by atoms with van der Waals surface area (Å²) in [6.45, 7) is 3.30. The minimum absolute atomic E-state index is 0.382. The van der Waals surface area contributed by atoms with Gasteiger partial charge in [0, 0.05) is 18.3 Å². The summed E-state index contributed by atoms with van der Waals surface area (Å²) in [5.41, 5.74) is 1.64. The molecule has 128 valence electrons. The fourth-order valence-corrected chi connectivity index (χ4v) is 2.38. The van der Waals surface area contributed by atoms with E-state index in [0.717, 1.165) is 30.7 Å². The number of hydrogen-bond acceptors (Lipinski definition) is 2. The zero-order valence-electron chi connectivity index (χ0n) is 13.4. The third-order valence-electron chi connectivity index (χ3n) is 3.34. The van der Waals surface area contributed by atoms with Gasteiger partial charge in [0.05, 0.1) is 6.61 Å². The summed E-state index contributed by atoms with van der Waals surface area (Å²) in [5.74, 6) is -0.913. The minimum Gasteiger partial charge on any atom is -0.494 e. The third kappa shape index (κ3) is 5.77. The van der Waals surface area contributed by atoms with Crippen molar-refractivity contribution >= 4 is 23.0 Å². The molecule has 0 bridgehead atoms. The first-order valence-corrected chi connectivity index (χ1v) is 8.21. The monoisotopic (exact) mass is 350 g/mol. The molecule has 0 atom stereocenters. The van der Waals surface area contributed by atoms with Gasteiger partial charge in [-0.05, 0) is 61.8 Å². The maximum atomic E-state index is 13.1. The SMILES string of the molecule is CCOc1ccc(CCCNC(=S)Nc2ccc(F)c(F)c2)cc1. The zero-order chi connectivity index (χ0) is 17.4. The van der Waals surface area contributed by atoms with Gasteiger partial charge in [-0.2, -0.15) is 0 Å². The molecule has 2 rings (SSSR count). The zero-order valence-corrected chi connectivity index (χ0v) is 14.3. The van der Waals surface area contributed by atoms with Gasteiger partial charge >= 0.3 is 0 Å². The molecule has 24 heavy (non-hydrogen) atoms. The van der Waals surface area contributed by atoms with E-state index in [2.05, 4.69) is 10.6 Å². The fourth-order valence-electron chi connectivity index (χ4n) is 2.16. The first-order chi connectivity index (χ1) is 11.6. The van der Waals surface area contributed by atoms with Crippen LogP contribution in [-0.4, -0.2) is 18.3 Å². The van der Waals surface area contributed by atoms with Crippen LogP contribution in [0.3, 0.4) is 0 Å². The highest BCUT2D eigenvalue weighted by molar-refractivity contribution is 7.80. The smallest absolute Gasteiger partial charge is 0.170 e. The van der Waals surface area contributed by atoms with Crippen LogP contribution in [0.5, 0.6) is 5.75 Å². The van der Waals surface area contributed by atoms with E-state index in [1.165, 1.54) is 11.6 Å². The second-order valence-corrected chi connectivity index (χ2v) is 5.60. The van der Waals surface area contributed by atoms with Crippen LogP contribution in [0, 0.1) is 11.6 Å². The topological polar surface area (TPSA) is 33.3 Å². The molecule has 0 fully saturated rings. The molecule has 2 N–H and O–H groups in total. The van der Waals surface area contributed by atoms with Crippen molar-refractivity contribution in [3.05, 3.63) is 59.7 Å². The van der Waals surface area contributed by atoms with E-state index in [1.807, 2.05) is 31.2 Å². The van der Waals surface area contributed by atoms with Gasteiger partial charge in [0.1, 0.15) is 5.75 Å². The minimum atomic E-state index is -0.904. The summed E-state index contributed by atoms with van der Waals surface area (Å²) < 4.78 is 31.4. The number of thiocarbonyl (C=S) groups is 1. The Bertz CT molecular complexity index is 677. The fraction of sp³-hybridized carbons (Fsp3) is 0.278. The summed E-state index contributed by atoms with van der Waals surface area (Å²) in [6.07, 6.45) is 1.81. The maximum Gasteiger partial charge on any atom is 0.170 e. The number of halogens is 2. The maximum absolute atomic E-state index is 13.1. The molecule has 6 heteroatoms. The Balaban J connectivity index is 1.69. The summed E-state index contributed by atoms with van der Waals surface area (Å²) in [4.78, 5) is 0. The average molecular weight is 350 g/mol. The quantitative estimate of drug-likeness (QED) is 0.577. The lowest BCUT2D eigenvalue weighted by atomic mass is 10.1. The summed E-state index contributed by atoms with van der Waals surface area (Å²) in [5, 5.41) is 6.26. The number of anilines is 1. The van der Waals surface area contributed by atoms with Gasteiger partial charge in [0.2, 0.25) is 0 Å². The van der Waals surface area contributed by atoms with Gasteiger partial charge in [0.25, 0.3) is 0 Å². The lowest BCUT2D eigenvalue weighted by Gasteiger charge is -2.11. The molecule has 0 aliphatic heterocycles. The van der Waals surface area contributed by atoms with Gasteiger partial charge < -0.3 is 15.4 Å². The second kappa shape index (κ2) is 9.17. The van der Waals surface area contributed by atoms with Crippen molar-refractivity contribution in [3.8, 4) is 5.75 Å². The summed E-state index contributed by atoms with van der Waals surface area (Å²) in [6, 6.07) is 11.6. The summed E-state index contributed by atoms with van der Waals surface area (Å²) >= 11 is 5.13. The lowest BCUT2D eigenvalue weighted by molar-refractivity contribution is 0.340. The molecular formula is C18H20F2N2OS. The van der Waals surface area contributed by atoms with Crippen LogP contribution in [-0.2, 0) is 6.42 Å². The lowest BCUT2D eigenvalue weighted by Crippen LogP contribution is -2.29. The van der Waals surface area contributed by atoms with Crippen LogP contribution in [0.2, 0.25) is 0 Å². The molecule has 3 nitrogen and oxygen atoms in total. The van der Waals surface area contributed by atoms with Gasteiger partial charge in [-0.25, -0.2) is 8.78 Å². The predicted molar refractivity (Wildman–Crippen MR) is 96.5 cm³/mol. The van der Waals surface area contributed by atoms with E-state index in [0.29, 0.717) is 24.0 Å². The molecule has 0 radical (unpaired) electrons. The van der Waals surface area contributed by atoms with Crippen molar-refractivity contribution in [3.63, 3.8) is 0 Å². The van der Waals surface area contributed by atoms with E-state index in [-0.39, 0.29) is 0 Å². The van der Waals surface area contributed by atoms with Crippen LogP contribution >= 0.6 is 12.2 Å². The van der Waals surface area contributed by atoms with Crippen LogP contribution in [0.4, 0.5) is 14.5 Å². The van der Waals surface area contributed by atoms with Crippen molar-refractivity contribution in [1.82, 2.24) is 5.32 Å². The molecule has 2 aromatic rings. The van der Waals surface area contributed by atoms with Crippen molar-refractivity contribution in [2.75, 3.05) is 18.5 Å². The molecule has 0 amide bonds. The number of ether oxygens (including phenoxy) is 1. The van der Waals surface area contributed by atoms with E-state index < -0.39 is 11.6 Å². The third-order valence-corrected chi connectivity index (χ3v) is 3.59. The Morgan fingerprint density at radius 1 is 1.08 bits per heavy atom. The number of hydrogen-bond donors (Lipinski definition) is 2. The second-order valence-electron chi connectivity index (χ2n) is 5.19. The first-order valence-electron chi connectivity index (χ1n) is 7.80.